The minimum absolute atomic E-state index is 0.265. The molecule has 0 amide bonds. The molecule has 3 nitrogen and oxygen atoms in total. The van der Waals surface area contributed by atoms with Gasteiger partial charge in [-0.3, -0.25) is 0 Å². The van der Waals surface area contributed by atoms with Gasteiger partial charge in [0.1, 0.15) is 0 Å². The number of benzene rings is 1. The Morgan fingerprint density at radius 3 is 2.47 bits per heavy atom. The fourth-order valence-electron chi connectivity index (χ4n) is 2.05. The highest BCUT2D eigenvalue weighted by atomic mass is 35.5. The predicted octanol–water partition coefficient (Wildman–Crippen LogP) is 4.96. The monoisotopic (exact) mass is 298 g/mol. The second-order valence-electron chi connectivity index (χ2n) is 4.42. The van der Waals surface area contributed by atoms with Crippen molar-refractivity contribution in [3.63, 3.8) is 0 Å². The van der Waals surface area contributed by atoms with Crippen LogP contribution in [0.4, 0.5) is 5.88 Å². The Morgan fingerprint density at radius 1 is 1.16 bits per heavy atom. The number of unbranched alkanes of at least 4 members (excludes halogenated alkanes) is 2. The quantitative estimate of drug-likeness (QED) is 0.793. The van der Waals surface area contributed by atoms with E-state index in [9.17, 15) is 0 Å². The van der Waals surface area contributed by atoms with Crippen molar-refractivity contribution in [3.8, 4) is 11.1 Å². The molecule has 1 aromatic heterocycles. The van der Waals surface area contributed by atoms with Gasteiger partial charge < -0.3 is 10.3 Å². The van der Waals surface area contributed by atoms with Crippen molar-refractivity contribution in [1.82, 2.24) is 5.16 Å². The lowest BCUT2D eigenvalue weighted by molar-refractivity contribution is 0.426. The van der Waals surface area contributed by atoms with Crippen LogP contribution < -0.4 is 5.73 Å². The van der Waals surface area contributed by atoms with E-state index in [1.165, 1.54) is 0 Å². The van der Waals surface area contributed by atoms with Crippen LogP contribution in [-0.4, -0.2) is 5.16 Å². The van der Waals surface area contributed by atoms with E-state index in [2.05, 4.69) is 12.1 Å². The number of hydrogen-bond donors (Lipinski definition) is 1. The molecular formula is C14H16Cl2N2O. The summed E-state index contributed by atoms with van der Waals surface area (Å²) in [6.07, 6.45) is 4.14. The Bertz CT molecular complexity index is 546. The first kappa shape index (κ1) is 14.2. The first-order valence-corrected chi connectivity index (χ1v) is 7.09. The summed E-state index contributed by atoms with van der Waals surface area (Å²) in [7, 11) is 0. The van der Waals surface area contributed by atoms with E-state index in [4.69, 9.17) is 33.5 Å². The van der Waals surface area contributed by atoms with Gasteiger partial charge in [-0.2, -0.15) is 0 Å². The molecular weight excluding hydrogens is 283 g/mol. The van der Waals surface area contributed by atoms with Gasteiger partial charge in [-0.1, -0.05) is 54.2 Å². The van der Waals surface area contributed by atoms with Gasteiger partial charge >= 0.3 is 0 Å². The molecule has 0 spiro atoms. The minimum atomic E-state index is 0.265. The zero-order valence-electron chi connectivity index (χ0n) is 10.7. The van der Waals surface area contributed by atoms with Gasteiger partial charge in [0.05, 0.1) is 21.3 Å². The van der Waals surface area contributed by atoms with Crippen LogP contribution in [0.1, 0.15) is 31.9 Å². The molecule has 0 atom stereocenters. The number of anilines is 1. The molecule has 0 bridgehead atoms. The van der Waals surface area contributed by atoms with E-state index < -0.39 is 0 Å². The van der Waals surface area contributed by atoms with Gasteiger partial charge in [0.25, 0.3) is 0 Å². The van der Waals surface area contributed by atoms with Gasteiger partial charge in [0, 0.05) is 5.56 Å². The molecule has 0 fully saturated rings. The topological polar surface area (TPSA) is 52.0 Å². The minimum Gasteiger partial charge on any atom is -0.367 e. The molecule has 1 aromatic carbocycles. The molecule has 0 saturated heterocycles. The number of rotatable bonds is 5. The molecule has 0 aliphatic rings. The first-order chi connectivity index (χ1) is 9.15. The molecule has 0 unspecified atom stereocenters. The lowest BCUT2D eigenvalue weighted by atomic mass is 10.0. The van der Waals surface area contributed by atoms with E-state index in [0.29, 0.717) is 15.6 Å². The average molecular weight is 299 g/mol. The van der Waals surface area contributed by atoms with E-state index >= 15 is 0 Å². The van der Waals surface area contributed by atoms with Crippen molar-refractivity contribution in [2.45, 2.75) is 32.6 Å². The van der Waals surface area contributed by atoms with Crippen molar-refractivity contribution < 1.29 is 4.52 Å². The molecule has 0 saturated carbocycles. The fraction of sp³-hybridized carbons (Fsp3) is 0.357. The molecule has 2 N–H and O–H groups in total. The largest absolute Gasteiger partial charge is 0.367 e. The van der Waals surface area contributed by atoms with Crippen molar-refractivity contribution in [3.05, 3.63) is 33.9 Å². The third kappa shape index (κ3) is 3.04. The molecule has 0 aliphatic carbocycles. The van der Waals surface area contributed by atoms with E-state index in [1.807, 2.05) is 0 Å². The lowest BCUT2D eigenvalue weighted by Gasteiger charge is -2.07. The van der Waals surface area contributed by atoms with Gasteiger partial charge in [0.2, 0.25) is 5.88 Å². The summed E-state index contributed by atoms with van der Waals surface area (Å²) < 4.78 is 5.10. The zero-order valence-corrected chi connectivity index (χ0v) is 12.3. The highest BCUT2D eigenvalue weighted by molar-refractivity contribution is 6.39. The van der Waals surface area contributed by atoms with Crippen LogP contribution in [-0.2, 0) is 6.42 Å². The SMILES string of the molecule is CCCCCc1noc(N)c1-c1c(Cl)cccc1Cl. The maximum atomic E-state index is 6.22. The summed E-state index contributed by atoms with van der Waals surface area (Å²) in [6, 6.07) is 5.37. The number of nitrogens with zero attached hydrogens (tertiary/aromatic N) is 1. The lowest BCUT2D eigenvalue weighted by Crippen LogP contribution is -1.93. The van der Waals surface area contributed by atoms with Gasteiger partial charge in [0.15, 0.2) is 0 Å². The van der Waals surface area contributed by atoms with E-state index in [0.717, 1.165) is 36.9 Å². The Morgan fingerprint density at radius 2 is 1.84 bits per heavy atom. The average Bonchev–Trinajstić information content (AvgIpc) is 2.72. The molecule has 2 rings (SSSR count). The molecule has 5 heteroatoms. The van der Waals surface area contributed by atoms with Gasteiger partial charge in [-0.05, 0) is 25.0 Å². The third-order valence-corrected chi connectivity index (χ3v) is 3.65. The molecule has 2 aromatic rings. The maximum absolute atomic E-state index is 6.22. The smallest absolute Gasteiger partial charge is 0.230 e. The standard InChI is InChI=1S/C14H16Cl2N2O/c1-2-3-4-8-11-13(14(17)19-18-11)12-9(15)6-5-7-10(12)16/h5-7H,2-4,8,17H2,1H3. The van der Waals surface area contributed by atoms with Crippen LogP contribution in [0.2, 0.25) is 10.0 Å². The summed E-state index contributed by atoms with van der Waals surface area (Å²) in [5.41, 5.74) is 8.12. The summed E-state index contributed by atoms with van der Waals surface area (Å²) in [4.78, 5) is 0. The van der Waals surface area contributed by atoms with Gasteiger partial charge in [-0.15, -0.1) is 0 Å². The summed E-state index contributed by atoms with van der Waals surface area (Å²) in [6.45, 7) is 2.16. The van der Waals surface area contributed by atoms with Crippen LogP contribution in [0, 0.1) is 0 Å². The zero-order chi connectivity index (χ0) is 13.8. The van der Waals surface area contributed by atoms with Crippen LogP contribution in [0.5, 0.6) is 0 Å². The Labute approximate surface area is 122 Å². The number of aromatic nitrogens is 1. The second kappa shape index (κ2) is 6.31. The van der Waals surface area contributed by atoms with Crippen molar-refractivity contribution in [1.29, 1.82) is 0 Å². The van der Waals surface area contributed by atoms with Gasteiger partial charge in [-0.25, -0.2) is 0 Å². The van der Waals surface area contributed by atoms with E-state index in [-0.39, 0.29) is 5.88 Å². The highest BCUT2D eigenvalue weighted by Gasteiger charge is 2.20. The molecule has 19 heavy (non-hydrogen) atoms. The normalized spacial score (nSPS) is 10.9. The van der Waals surface area contributed by atoms with Crippen molar-refractivity contribution >= 4 is 29.1 Å². The number of nitrogen functional groups attached to an aromatic ring is 1. The number of aryl methyl sites for hydroxylation is 1. The number of nitrogens with two attached hydrogens (primary N) is 1. The first-order valence-electron chi connectivity index (χ1n) is 6.33. The summed E-state index contributed by atoms with van der Waals surface area (Å²) in [5.74, 6) is 0.265. The predicted molar refractivity (Wildman–Crippen MR) is 79.6 cm³/mol. The molecule has 1 heterocycles. The highest BCUT2D eigenvalue weighted by Crippen LogP contribution is 2.40. The molecule has 0 radical (unpaired) electrons. The van der Waals surface area contributed by atoms with Crippen molar-refractivity contribution in [2.75, 3.05) is 5.73 Å². The summed E-state index contributed by atoms with van der Waals surface area (Å²) in [5, 5.41) is 5.14. The summed E-state index contributed by atoms with van der Waals surface area (Å²) >= 11 is 12.4. The molecule has 102 valence electrons. The third-order valence-electron chi connectivity index (χ3n) is 3.02. The van der Waals surface area contributed by atoms with Crippen LogP contribution in [0.3, 0.4) is 0 Å². The van der Waals surface area contributed by atoms with Crippen LogP contribution >= 0.6 is 23.2 Å². The fourth-order valence-corrected chi connectivity index (χ4v) is 2.64. The Hall–Kier alpha value is -1.19. The Kier molecular flexibility index (Phi) is 4.72. The van der Waals surface area contributed by atoms with E-state index in [1.54, 1.807) is 18.2 Å². The van der Waals surface area contributed by atoms with Crippen molar-refractivity contribution in [2.24, 2.45) is 0 Å². The second-order valence-corrected chi connectivity index (χ2v) is 5.24. The van der Waals surface area contributed by atoms with Crippen LogP contribution in [0.15, 0.2) is 22.7 Å². The Balaban J connectivity index is 2.41. The molecule has 0 aliphatic heterocycles. The number of hydrogen-bond acceptors (Lipinski definition) is 3. The maximum Gasteiger partial charge on any atom is 0.230 e. The number of halogens is 2. The van der Waals surface area contributed by atoms with Crippen LogP contribution in [0.25, 0.3) is 11.1 Å².